The molecule has 3 aromatic rings. The zero-order chi connectivity index (χ0) is 19.6. The summed E-state index contributed by atoms with van der Waals surface area (Å²) in [6.07, 6.45) is 0. The summed E-state index contributed by atoms with van der Waals surface area (Å²) in [5, 5.41) is 10.1. The van der Waals surface area contributed by atoms with E-state index in [1.807, 2.05) is 39.0 Å². The Bertz CT molecular complexity index is 1010. The molecule has 0 aliphatic rings. The minimum atomic E-state index is -0.419. The number of aromatic nitrogens is 4. The van der Waals surface area contributed by atoms with E-state index in [0.29, 0.717) is 17.2 Å². The van der Waals surface area contributed by atoms with Crippen molar-refractivity contribution in [3.05, 3.63) is 64.2 Å². The fourth-order valence-corrected chi connectivity index (χ4v) is 2.46. The van der Waals surface area contributed by atoms with Gasteiger partial charge in [-0.2, -0.15) is 9.78 Å². The lowest BCUT2D eigenvalue weighted by Crippen LogP contribution is -2.22. The minimum Gasteiger partial charge on any atom is -0.308 e. The molecule has 140 valence electrons. The van der Waals surface area contributed by atoms with Crippen LogP contribution in [0, 0.1) is 6.92 Å². The highest BCUT2D eigenvalue weighted by Gasteiger charge is 2.22. The molecule has 0 radical (unpaired) electrons. The van der Waals surface area contributed by atoms with Crippen LogP contribution in [0.3, 0.4) is 0 Å². The second-order valence-corrected chi connectivity index (χ2v) is 7.23. The zero-order valence-electron chi connectivity index (χ0n) is 15.7. The van der Waals surface area contributed by atoms with Gasteiger partial charge < -0.3 is 5.32 Å². The molecule has 0 aliphatic carbocycles. The van der Waals surface area contributed by atoms with E-state index in [1.165, 1.54) is 10.7 Å². The zero-order valence-corrected chi connectivity index (χ0v) is 15.7. The van der Waals surface area contributed by atoms with E-state index in [2.05, 4.69) is 25.7 Å². The minimum absolute atomic E-state index is 0.241. The average molecular weight is 366 g/mol. The standard InChI is InChI=1S/C19H22N6O2/c1-12-10-16(26)23-17(20-12)25-15(11-14(24-25)19(2,3)4)22-18(27)21-13-8-6-5-7-9-13/h5-11H,1-4H3,(H,20,23,26)(H2,21,22,27). The van der Waals surface area contributed by atoms with Gasteiger partial charge in [0, 0.05) is 28.9 Å². The maximum absolute atomic E-state index is 12.4. The summed E-state index contributed by atoms with van der Waals surface area (Å²) in [7, 11) is 0. The molecule has 1 aromatic carbocycles. The molecule has 0 bridgehead atoms. The van der Waals surface area contributed by atoms with Crippen LogP contribution < -0.4 is 16.2 Å². The number of rotatable bonds is 3. The monoisotopic (exact) mass is 366 g/mol. The average Bonchev–Trinajstić information content (AvgIpc) is 2.99. The van der Waals surface area contributed by atoms with Gasteiger partial charge in [-0.1, -0.05) is 39.0 Å². The van der Waals surface area contributed by atoms with Crippen LogP contribution in [0.15, 0.2) is 47.3 Å². The van der Waals surface area contributed by atoms with Crippen molar-refractivity contribution in [1.29, 1.82) is 0 Å². The van der Waals surface area contributed by atoms with E-state index in [9.17, 15) is 9.59 Å². The van der Waals surface area contributed by atoms with Gasteiger partial charge in [-0.05, 0) is 19.1 Å². The van der Waals surface area contributed by atoms with Crippen LogP contribution in [0.4, 0.5) is 16.3 Å². The Morgan fingerprint density at radius 2 is 1.81 bits per heavy atom. The maximum atomic E-state index is 12.4. The summed E-state index contributed by atoms with van der Waals surface area (Å²) < 4.78 is 1.43. The SMILES string of the molecule is Cc1cc(=O)[nH]c(-n2nc(C(C)(C)C)cc2NC(=O)Nc2ccccc2)n1. The van der Waals surface area contributed by atoms with Crippen LogP contribution in [0.25, 0.3) is 5.95 Å². The van der Waals surface area contributed by atoms with Crippen LogP contribution in [-0.4, -0.2) is 25.8 Å². The Kier molecular flexibility index (Phi) is 4.81. The van der Waals surface area contributed by atoms with Gasteiger partial charge in [-0.3, -0.25) is 15.1 Å². The normalized spacial score (nSPS) is 11.3. The second-order valence-electron chi connectivity index (χ2n) is 7.23. The van der Waals surface area contributed by atoms with E-state index in [-0.39, 0.29) is 16.9 Å². The predicted octanol–water partition coefficient (Wildman–Crippen LogP) is 3.21. The van der Waals surface area contributed by atoms with Crippen LogP contribution in [0.2, 0.25) is 0 Å². The number of aryl methyl sites for hydroxylation is 1. The Morgan fingerprint density at radius 3 is 2.44 bits per heavy atom. The molecule has 2 aromatic heterocycles. The number of urea groups is 1. The predicted molar refractivity (Wildman–Crippen MR) is 105 cm³/mol. The first-order valence-electron chi connectivity index (χ1n) is 8.54. The van der Waals surface area contributed by atoms with Gasteiger partial charge in [-0.15, -0.1) is 0 Å². The largest absolute Gasteiger partial charge is 0.324 e. The van der Waals surface area contributed by atoms with Gasteiger partial charge in [0.1, 0.15) is 5.82 Å². The van der Waals surface area contributed by atoms with Crippen LogP contribution >= 0.6 is 0 Å². The van der Waals surface area contributed by atoms with E-state index >= 15 is 0 Å². The molecule has 0 atom stereocenters. The van der Waals surface area contributed by atoms with Crippen molar-refractivity contribution in [1.82, 2.24) is 19.7 Å². The molecule has 8 nitrogen and oxygen atoms in total. The number of aromatic amines is 1. The number of carbonyl (C=O) groups excluding carboxylic acids is 1. The highest BCUT2D eigenvalue weighted by atomic mass is 16.2. The molecule has 27 heavy (non-hydrogen) atoms. The van der Waals surface area contributed by atoms with Crippen molar-refractivity contribution >= 4 is 17.5 Å². The topological polar surface area (TPSA) is 105 Å². The van der Waals surface area contributed by atoms with Gasteiger partial charge in [0.2, 0.25) is 5.95 Å². The number of para-hydroxylation sites is 1. The third-order valence-electron chi connectivity index (χ3n) is 3.81. The Morgan fingerprint density at radius 1 is 1.11 bits per heavy atom. The number of nitrogens with zero attached hydrogens (tertiary/aromatic N) is 3. The second kappa shape index (κ2) is 7.06. The molecular formula is C19H22N6O2. The lowest BCUT2D eigenvalue weighted by molar-refractivity contribution is 0.262. The van der Waals surface area contributed by atoms with E-state index < -0.39 is 6.03 Å². The van der Waals surface area contributed by atoms with E-state index in [1.54, 1.807) is 25.1 Å². The molecule has 0 unspecified atom stereocenters. The van der Waals surface area contributed by atoms with Crippen molar-refractivity contribution in [3.63, 3.8) is 0 Å². The van der Waals surface area contributed by atoms with Crippen LogP contribution in [-0.2, 0) is 5.41 Å². The first kappa shape index (κ1) is 18.4. The summed E-state index contributed by atoms with van der Waals surface area (Å²) >= 11 is 0. The molecule has 2 amide bonds. The van der Waals surface area contributed by atoms with Crippen molar-refractivity contribution in [2.75, 3.05) is 10.6 Å². The number of hydrogen-bond acceptors (Lipinski definition) is 4. The Hall–Kier alpha value is -3.42. The number of H-pyrrole nitrogens is 1. The Balaban J connectivity index is 1.96. The highest BCUT2D eigenvalue weighted by molar-refractivity contribution is 5.99. The maximum Gasteiger partial charge on any atom is 0.324 e. The lowest BCUT2D eigenvalue weighted by atomic mass is 9.92. The Labute approximate surface area is 156 Å². The van der Waals surface area contributed by atoms with Gasteiger partial charge in [-0.25, -0.2) is 9.78 Å². The number of benzene rings is 1. The number of nitrogens with one attached hydrogen (secondary N) is 3. The summed E-state index contributed by atoms with van der Waals surface area (Å²) in [5.74, 6) is 0.646. The summed E-state index contributed by atoms with van der Waals surface area (Å²) in [4.78, 5) is 31.2. The van der Waals surface area contributed by atoms with E-state index in [0.717, 1.165) is 5.69 Å². The molecule has 0 aliphatic heterocycles. The first-order valence-corrected chi connectivity index (χ1v) is 8.54. The van der Waals surface area contributed by atoms with Crippen molar-refractivity contribution in [2.24, 2.45) is 0 Å². The molecule has 0 saturated heterocycles. The van der Waals surface area contributed by atoms with E-state index in [4.69, 9.17) is 0 Å². The fraction of sp³-hybridized carbons (Fsp3) is 0.263. The number of carbonyl (C=O) groups is 1. The third-order valence-corrected chi connectivity index (χ3v) is 3.81. The molecule has 3 rings (SSSR count). The summed E-state index contributed by atoms with van der Waals surface area (Å²) in [6.45, 7) is 7.77. The first-order chi connectivity index (χ1) is 12.7. The van der Waals surface area contributed by atoms with Crippen molar-refractivity contribution < 1.29 is 4.79 Å². The molecule has 0 spiro atoms. The van der Waals surface area contributed by atoms with Gasteiger partial charge in [0.15, 0.2) is 0 Å². The summed E-state index contributed by atoms with van der Waals surface area (Å²) in [6, 6.07) is 11.9. The highest BCUT2D eigenvalue weighted by Crippen LogP contribution is 2.25. The molecular weight excluding hydrogens is 344 g/mol. The number of amides is 2. The third kappa shape index (κ3) is 4.41. The van der Waals surface area contributed by atoms with Gasteiger partial charge in [0.05, 0.1) is 5.69 Å². The summed E-state index contributed by atoms with van der Waals surface area (Å²) in [5.41, 5.74) is 1.44. The number of hydrogen-bond donors (Lipinski definition) is 3. The van der Waals surface area contributed by atoms with Crippen LogP contribution in [0.5, 0.6) is 0 Å². The van der Waals surface area contributed by atoms with Crippen molar-refractivity contribution in [2.45, 2.75) is 33.1 Å². The van der Waals surface area contributed by atoms with Crippen LogP contribution in [0.1, 0.15) is 32.2 Å². The molecule has 0 fully saturated rings. The molecule has 8 heteroatoms. The molecule has 2 heterocycles. The molecule has 0 saturated carbocycles. The smallest absolute Gasteiger partial charge is 0.308 e. The quantitative estimate of drug-likeness (QED) is 0.662. The molecule has 3 N–H and O–H groups in total. The van der Waals surface area contributed by atoms with Gasteiger partial charge in [0.25, 0.3) is 5.56 Å². The fourth-order valence-electron chi connectivity index (χ4n) is 2.46. The van der Waals surface area contributed by atoms with Crippen molar-refractivity contribution in [3.8, 4) is 5.95 Å². The lowest BCUT2D eigenvalue weighted by Gasteiger charge is -2.13. The number of anilines is 2. The van der Waals surface area contributed by atoms with Gasteiger partial charge >= 0.3 is 6.03 Å².